The number of nitrogens with one attached hydrogen (secondary N) is 1. The van der Waals surface area contributed by atoms with Gasteiger partial charge in [0.25, 0.3) is 0 Å². The van der Waals surface area contributed by atoms with Crippen molar-refractivity contribution in [2.24, 2.45) is 0 Å². The molecule has 0 fully saturated rings. The highest BCUT2D eigenvalue weighted by Crippen LogP contribution is 2.31. The summed E-state index contributed by atoms with van der Waals surface area (Å²) >= 11 is 6.36. The molecule has 1 N–H and O–H groups in total. The van der Waals surface area contributed by atoms with Gasteiger partial charge in [-0.25, -0.2) is 0 Å². The van der Waals surface area contributed by atoms with Crippen LogP contribution in [0.4, 0.5) is 0 Å². The van der Waals surface area contributed by atoms with Crippen molar-refractivity contribution in [1.82, 2.24) is 5.32 Å². The van der Waals surface area contributed by atoms with E-state index in [1.165, 1.54) is 11.1 Å². The highest BCUT2D eigenvalue weighted by molar-refractivity contribution is 6.31. The van der Waals surface area contributed by atoms with Crippen LogP contribution in [0.2, 0.25) is 5.02 Å². The Morgan fingerprint density at radius 2 is 1.78 bits per heavy atom. The highest BCUT2D eigenvalue weighted by Gasteiger charge is 2.17. The van der Waals surface area contributed by atoms with E-state index in [4.69, 9.17) is 16.0 Å². The molecule has 1 atom stereocenters. The summed E-state index contributed by atoms with van der Waals surface area (Å²) in [5, 5.41) is 4.08. The molecule has 0 aliphatic carbocycles. The summed E-state index contributed by atoms with van der Waals surface area (Å²) in [5.74, 6) is 0.908. The zero-order valence-corrected chi connectivity index (χ0v) is 11.9. The standard InChI is InChI=1S/C15H18ClNO/c1-9-5-13(14(16)6-10(9)2)15(17-4)12-7-11(3)18-8-12/h5-8,15,17H,1-4H3. The van der Waals surface area contributed by atoms with Crippen LogP contribution < -0.4 is 5.32 Å². The predicted octanol–water partition coefficient (Wildman–Crippen LogP) is 4.17. The smallest absolute Gasteiger partial charge is 0.101 e. The fourth-order valence-electron chi connectivity index (χ4n) is 2.14. The maximum atomic E-state index is 6.36. The third-order valence-corrected chi connectivity index (χ3v) is 3.62. The van der Waals surface area contributed by atoms with E-state index in [2.05, 4.69) is 25.2 Å². The Morgan fingerprint density at radius 3 is 2.33 bits per heavy atom. The van der Waals surface area contributed by atoms with Crippen molar-refractivity contribution >= 4 is 11.6 Å². The van der Waals surface area contributed by atoms with Gasteiger partial charge < -0.3 is 9.73 Å². The van der Waals surface area contributed by atoms with Gasteiger partial charge in [0.2, 0.25) is 0 Å². The molecule has 0 aliphatic rings. The second-order valence-corrected chi connectivity index (χ2v) is 5.08. The lowest BCUT2D eigenvalue weighted by atomic mass is 9.97. The molecular weight excluding hydrogens is 246 g/mol. The van der Waals surface area contributed by atoms with Crippen molar-refractivity contribution in [1.29, 1.82) is 0 Å². The van der Waals surface area contributed by atoms with Crippen molar-refractivity contribution < 1.29 is 4.42 Å². The molecule has 0 spiro atoms. The van der Waals surface area contributed by atoms with Crippen LogP contribution in [0.5, 0.6) is 0 Å². The Hall–Kier alpha value is -1.25. The highest BCUT2D eigenvalue weighted by atomic mass is 35.5. The number of hydrogen-bond acceptors (Lipinski definition) is 2. The van der Waals surface area contributed by atoms with Gasteiger partial charge in [0, 0.05) is 10.6 Å². The van der Waals surface area contributed by atoms with E-state index < -0.39 is 0 Å². The third kappa shape index (κ3) is 2.45. The van der Waals surface area contributed by atoms with Crippen molar-refractivity contribution in [3.63, 3.8) is 0 Å². The summed E-state index contributed by atoms with van der Waals surface area (Å²) in [6, 6.07) is 6.26. The van der Waals surface area contributed by atoms with Crippen LogP contribution in [-0.4, -0.2) is 7.05 Å². The summed E-state index contributed by atoms with van der Waals surface area (Å²) in [7, 11) is 1.93. The Balaban J connectivity index is 2.48. The van der Waals surface area contributed by atoms with E-state index in [1.807, 2.05) is 26.1 Å². The molecule has 2 nitrogen and oxygen atoms in total. The van der Waals surface area contributed by atoms with Crippen LogP contribution in [0, 0.1) is 20.8 Å². The normalized spacial score (nSPS) is 12.7. The first-order valence-corrected chi connectivity index (χ1v) is 6.39. The zero-order chi connectivity index (χ0) is 13.3. The van der Waals surface area contributed by atoms with Gasteiger partial charge in [-0.3, -0.25) is 0 Å². The molecule has 1 unspecified atom stereocenters. The third-order valence-electron chi connectivity index (χ3n) is 3.30. The van der Waals surface area contributed by atoms with Crippen molar-refractivity contribution in [2.45, 2.75) is 26.8 Å². The summed E-state index contributed by atoms with van der Waals surface area (Å²) in [6.45, 7) is 6.11. The average molecular weight is 264 g/mol. The summed E-state index contributed by atoms with van der Waals surface area (Å²) in [5.41, 5.74) is 4.64. The average Bonchev–Trinajstić information content (AvgIpc) is 2.73. The van der Waals surface area contributed by atoms with Gasteiger partial charge in [-0.05, 0) is 56.6 Å². The van der Waals surface area contributed by atoms with Gasteiger partial charge in [-0.2, -0.15) is 0 Å². The largest absolute Gasteiger partial charge is 0.469 e. The lowest BCUT2D eigenvalue weighted by Crippen LogP contribution is -2.17. The topological polar surface area (TPSA) is 25.2 Å². The van der Waals surface area contributed by atoms with Crippen LogP contribution in [0.1, 0.15) is 34.1 Å². The van der Waals surface area contributed by atoms with E-state index in [0.717, 1.165) is 21.9 Å². The number of benzene rings is 1. The molecule has 3 heteroatoms. The van der Waals surface area contributed by atoms with Gasteiger partial charge in [-0.1, -0.05) is 17.7 Å². The van der Waals surface area contributed by atoms with E-state index in [1.54, 1.807) is 6.26 Å². The number of furan rings is 1. The van der Waals surface area contributed by atoms with E-state index in [9.17, 15) is 0 Å². The van der Waals surface area contributed by atoms with Crippen molar-refractivity contribution in [2.75, 3.05) is 7.05 Å². The lowest BCUT2D eigenvalue weighted by molar-refractivity contribution is 0.528. The second kappa shape index (κ2) is 5.17. The fraction of sp³-hybridized carbons (Fsp3) is 0.333. The lowest BCUT2D eigenvalue weighted by Gasteiger charge is -2.18. The number of hydrogen-bond donors (Lipinski definition) is 1. The molecule has 0 amide bonds. The van der Waals surface area contributed by atoms with Gasteiger partial charge in [0.1, 0.15) is 5.76 Å². The molecule has 1 aromatic heterocycles. The molecule has 0 saturated carbocycles. The Morgan fingerprint density at radius 1 is 1.11 bits per heavy atom. The first-order valence-electron chi connectivity index (χ1n) is 6.02. The molecular formula is C15H18ClNO. The number of halogens is 1. The summed E-state index contributed by atoms with van der Waals surface area (Å²) < 4.78 is 5.38. The fourth-order valence-corrected chi connectivity index (χ4v) is 2.47. The first kappa shape index (κ1) is 13.2. The Bertz CT molecular complexity index is 560. The van der Waals surface area contributed by atoms with Gasteiger partial charge in [0.15, 0.2) is 0 Å². The van der Waals surface area contributed by atoms with Crippen LogP contribution in [0.25, 0.3) is 0 Å². The molecule has 0 saturated heterocycles. The summed E-state index contributed by atoms with van der Waals surface area (Å²) in [6.07, 6.45) is 1.78. The Kier molecular flexibility index (Phi) is 3.79. The van der Waals surface area contributed by atoms with Crippen LogP contribution in [-0.2, 0) is 0 Å². The number of aryl methyl sites for hydroxylation is 3. The van der Waals surface area contributed by atoms with Crippen molar-refractivity contribution in [3.05, 3.63) is 57.5 Å². The second-order valence-electron chi connectivity index (χ2n) is 4.67. The molecule has 96 valence electrons. The maximum Gasteiger partial charge on any atom is 0.101 e. The zero-order valence-electron chi connectivity index (χ0n) is 11.2. The van der Waals surface area contributed by atoms with Gasteiger partial charge in [-0.15, -0.1) is 0 Å². The Labute approximate surface area is 113 Å². The number of rotatable bonds is 3. The van der Waals surface area contributed by atoms with E-state index >= 15 is 0 Å². The first-order chi connectivity index (χ1) is 8.52. The molecule has 0 radical (unpaired) electrons. The molecule has 1 aromatic carbocycles. The molecule has 18 heavy (non-hydrogen) atoms. The summed E-state index contributed by atoms with van der Waals surface area (Å²) in [4.78, 5) is 0. The van der Waals surface area contributed by atoms with E-state index in [0.29, 0.717) is 0 Å². The van der Waals surface area contributed by atoms with E-state index in [-0.39, 0.29) is 6.04 Å². The van der Waals surface area contributed by atoms with Crippen molar-refractivity contribution in [3.8, 4) is 0 Å². The minimum Gasteiger partial charge on any atom is -0.469 e. The quantitative estimate of drug-likeness (QED) is 0.899. The van der Waals surface area contributed by atoms with Gasteiger partial charge >= 0.3 is 0 Å². The molecule has 0 aliphatic heterocycles. The van der Waals surface area contributed by atoms with Crippen LogP contribution in [0.15, 0.2) is 28.9 Å². The molecule has 1 heterocycles. The maximum absolute atomic E-state index is 6.36. The molecule has 2 rings (SSSR count). The van der Waals surface area contributed by atoms with Gasteiger partial charge in [0.05, 0.1) is 12.3 Å². The SMILES string of the molecule is CNC(c1coc(C)c1)c1cc(C)c(C)cc1Cl. The van der Waals surface area contributed by atoms with Crippen LogP contribution in [0.3, 0.4) is 0 Å². The predicted molar refractivity (Wildman–Crippen MR) is 75.3 cm³/mol. The molecule has 0 bridgehead atoms. The minimum absolute atomic E-state index is 0.0641. The molecule has 2 aromatic rings. The minimum atomic E-state index is 0.0641. The van der Waals surface area contributed by atoms with Crippen LogP contribution >= 0.6 is 11.6 Å². The monoisotopic (exact) mass is 263 g/mol.